The van der Waals surface area contributed by atoms with Crippen LogP contribution in [-0.4, -0.2) is 55.6 Å². The largest absolute Gasteiger partial charge is 0.496 e. The molecule has 3 rings (SSSR count). The van der Waals surface area contributed by atoms with Gasteiger partial charge in [-0.2, -0.15) is 0 Å². The molecule has 0 spiro atoms. The van der Waals surface area contributed by atoms with Crippen LogP contribution in [0.25, 0.3) is 0 Å². The molecule has 2 aromatic carbocycles. The maximum absolute atomic E-state index is 12.3. The number of carbonyl (C=O) groups excluding carboxylic acids is 1. The number of nitrogens with one attached hydrogen (secondary N) is 1. The van der Waals surface area contributed by atoms with Crippen molar-refractivity contribution in [2.24, 2.45) is 0 Å². The normalized spacial score (nSPS) is 14.5. The van der Waals surface area contributed by atoms with Gasteiger partial charge in [0.25, 0.3) is 5.69 Å². The van der Waals surface area contributed by atoms with Crippen molar-refractivity contribution < 1.29 is 14.5 Å². The molecule has 8 nitrogen and oxygen atoms in total. The Bertz CT molecular complexity index is 834. The van der Waals surface area contributed by atoms with Crippen LogP contribution in [0.2, 0.25) is 0 Å². The Balaban J connectivity index is 1.49. The Hall–Kier alpha value is -3.13. The molecule has 1 amide bonds. The number of benzene rings is 2. The second-order valence-electron chi connectivity index (χ2n) is 6.60. The summed E-state index contributed by atoms with van der Waals surface area (Å²) in [5, 5.41) is 14.1. The van der Waals surface area contributed by atoms with Gasteiger partial charge in [-0.15, -0.1) is 0 Å². The summed E-state index contributed by atoms with van der Waals surface area (Å²) in [6.07, 6.45) is 0. The van der Waals surface area contributed by atoms with Crippen molar-refractivity contribution in [2.75, 3.05) is 44.7 Å². The Morgan fingerprint density at radius 3 is 2.50 bits per heavy atom. The van der Waals surface area contributed by atoms with Gasteiger partial charge in [0.05, 0.1) is 18.6 Å². The minimum Gasteiger partial charge on any atom is -0.496 e. The van der Waals surface area contributed by atoms with E-state index in [4.69, 9.17) is 4.74 Å². The van der Waals surface area contributed by atoms with Gasteiger partial charge in [0, 0.05) is 44.4 Å². The maximum atomic E-state index is 12.3. The zero-order chi connectivity index (χ0) is 19.9. The van der Waals surface area contributed by atoms with Gasteiger partial charge in [-0.25, -0.2) is 0 Å². The second-order valence-corrected chi connectivity index (χ2v) is 6.60. The fraction of sp³-hybridized carbons (Fsp3) is 0.350. The lowest BCUT2D eigenvalue weighted by Gasteiger charge is -2.35. The van der Waals surface area contributed by atoms with Crippen LogP contribution in [0.15, 0.2) is 48.5 Å². The summed E-state index contributed by atoms with van der Waals surface area (Å²) < 4.78 is 5.29. The molecule has 0 aliphatic carbocycles. The van der Waals surface area contributed by atoms with E-state index in [-0.39, 0.29) is 16.5 Å². The molecule has 0 bridgehead atoms. The number of ether oxygens (including phenoxy) is 1. The van der Waals surface area contributed by atoms with Crippen LogP contribution in [-0.2, 0) is 11.3 Å². The molecule has 0 aromatic heterocycles. The van der Waals surface area contributed by atoms with Gasteiger partial charge in [0.15, 0.2) is 0 Å². The smallest absolute Gasteiger partial charge is 0.292 e. The molecule has 28 heavy (non-hydrogen) atoms. The van der Waals surface area contributed by atoms with E-state index in [1.807, 2.05) is 29.2 Å². The quantitative estimate of drug-likeness (QED) is 0.581. The molecule has 0 saturated carbocycles. The van der Waals surface area contributed by atoms with E-state index in [0.29, 0.717) is 45.0 Å². The average Bonchev–Trinajstić information content (AvgIpc) is 2.73. The summed E-state index contributed by atoms with van der Waals surface area (Å²) in [6, 6.07) is 14.4. The fourth-order valence-electron chi connectivity index (χ4n) is 3.33. The Kier molecular flexibility index (Phi) is 6.44. The fourth-order valence-corrected chi connectivity index (χ4v) is 3.33. The first-order valence-corrected chi connectivity index (χ1v) is 9.18. The minimum absolute atomic E-state index is 0.0509. The van der Waals surface area contributed by atoms with Crippen LogP contribution in [0, 0.1) is 10.1 Å². The highest BCUT2D eigenvalue weighted by Crippen LogP contribution is 2.28. The Morgan fingerprint density at radius 1 is 1.11 bits per heavy atom. The van der Waals surface area contributed by atoms with Gasteiger partial charge in [0.1, 0.15) is 11.4 Å². The lowest BCUT2D eigenvalue weighted by atomic mass is 10.2. The molecular weight excluding hydrogens is 360 g/mol. The number of anilines is 1. The monoisotopic (exact) mass is 384 g/mol. The highest BCUT2D eigenvalue weighted by Gasteiger charge is 2.24. The van der Waals surface area contributed by atoms with Crippen molar-refractivity contribution in [3.63, 3.8) is 0 Å². The molecule has 0 atom stereocenters. The van der Waals surface area contributed by atoms with Crippen molar-refractivity contribution in [1.82, 2.24) is 10.2 Å². The van der Waals surface area contributed by atoms with E-state index in [1.54, 1.807) is 25.3 Å². The van der Waals surface area contributed by atoms with Crippen molar-refractivity contribution in [3.05, 3.63) is 64.2 Å². The Labute approximate surface area is 163 Å². The molecule has 148 valence electrons. The maximum Gasteiger partial charge on any atom is 0.292 e. The molecule has 1 saturated heterocycles. The first kappa shape index (κ1) is 19.6. The van der Waals surface area contributed by atoms with E-state index >= 15 is 0 Å². The van der Waals surface area contributed by atoms with Gasteiger partial charge in [0.2, 0.25) is 5.91 Å². The third-order valence-corrected chi connectivity index (χ3v) is 4.83. The lowest BCUT2D eigenvalue weighted by molar-refractivity contribution is -0.384. The number of piperazine rings is 1. The number of carbonyl (C=O) groups is 1. The highest BCUT2D eigenvalue weighted by atomic mass is 16.6. The molecular formula is C20H24N4O4. The molecule has 0 unspecified atom stereocenters. The number of nitro benzene ring substituents is 1. The summed E-state index contributed by atoms with van der Waals surface area (Å²) in [7, 11) is 1.61. The summed E-state index contributed by atoms with van der Waals surface area (Å²) in [4.78, 5) is 27.2. The predicted octanol–water partition coefficient (Wildman–Crippen LogP) is 2.04. The third-order valence-electron chi connectivity index (χ3n) is 4.83. The third kappa shape index (κ3) is 4.77. The second kappa shape index (κ2) is 9.18. The molecule has 1 heterocycles. The first-order valence-electron chi connectivity index (χ1n) is 9.18. The molecule has 8 heteroatoms. The molecule has 1 aliphatic heterocycles. The summed E-state index contributed by atoms with van der Waals surface area (Å²) in [5.74, 6) is 0.700. The molecule has 2 aromatic rings. The predicted molar refractivity (Wildman–Crippen MR) is 107 cm³/mol. The topological polar surface area (TPSA) is 88.0 Å². The van der Waals surface area contributed by atoms with Crippen LogP contribution in [0.3, 0.4) is 0 Å². The first-order chi connectivity index (χ1) is 13.6. The SMILES string of the molecule is COc1ccccc1CNC(=O)CN1CCN(c2ccccc2[N+](=O)[O-])CC1. The van der Waals surface area contributed by atoms with E-state index in [9.17, 15) is 14.9 Å². The molecule has 1 N–H and O–H groups in total. The number of methoxy groups -OCH3 is 1. The van der Waals surface area contributed by atoms with Crippen molar-refractivity contribution in [3.8, 4) is 5.75 Å². The summed E-state index contributed by atoms with van der Waals surface area (Å²) >= 11 is 0. The van der Waals surface area contributed by atoms with Crippen molar-refractivity contribution >= 4 is 17.3 Å². The van der Waals surface area contributed by atoms with E-state index < -0.39 is 0 Å². The van der Waals surface area contributed by atoms with Crippen LogP contribution in [0.5, 0.6) is 5.75 Å². The minimum atomic E-state index is -0.354. The number of amides is 1. The zero-order valence-corrected chi connectivity index (χ0v) is 15.8. The standard InChI is InChI=1S/C20H24N4O4/c1-28-19-9-5-2-6-16(19)14-21-20(25)15-22-10-12-23(13-11-22)17-7-3-4-8-18(17)24(26)27/h2-9H,10-15H2,1H3,(H,21,25). The number of para-hydroxylation sites is 3. The average molecular weight is 384 g/mol. The van der Waals surface area contributed by atoms with E-state index in [1.165, 1.54) is 6.07 Å². The number of nitro groups is 1. The van der Waals surface area contributed by atoms with Gasteiger partial charge < -0.3 is 15.0 Å². The van der Waals surface area contributed by atoms with E-state index in [2.05, 4.69) is 10.2 Å². The Morgan fingerprint density at radius 2 is 1.79 bits per heavy atom. The van der Waals surface area contributed by atoms with E-state index in [0.717, 1.165) is 11.3 Å². The van der Waals surface area contributed by atoms with Crippen LogP contribution < -0.4 is 15.0 Å². The van der Waals surface area contributed by atoms with Crippen LogP contribution in [0.1, 0.15) is 5.56 Å². The number of hydrogen-bond acceptors (Lipinski definition) is 6. The summed E-state index contributed by atoms with van der Waals surface area (Å²) in [6.45, 7) is 3.36. The number of rotatable bonds is 7. The lowest BCUT2D eigenvalue weighted by Crippen LogP contribution is -2.49. The molecule has 1 aliphatic rings. The molecule has 1 fully saturated rings. The van der Waals surface area contributed by atoms with Crippen molar-refractivity contribution in [1.29, 1.82) is 0 Å². The number of hydrogen-bond donors (Lipinski definition) is 1. The van der Waals surface area contributed by atoms with Crippen molar-refractivity contribution in [2.45, 2.75) is 6.54 Å². The van der Waals surface area contributed by atoms with Gasteiger partial charge in [-0.05, 0) is 12.1 Å². The van der Waals surface area contributed by atoms with Gasteiger partial charge >= 0.3 is 0 Å². The van der Waals surface area contributed by atoms with Crippen LogP contribution >= 0.6 is 0 Å². The number of nitrogens with zero attached hydrogens (tertiary/aromatic N) is 3. The zero-order valence-electron chi connectivity index (χ0n) is 15.8. The molecule has 0 radical (unpaired) electrons. The highest BCUT2D eigenvalue weighted by molar-refractivity contribution is 5.78. The van der Waals surface area contributed by atoms with Crippen LogP contribution in [0.4, 0.5) is 11.4 Å². The summed E-state index contributed by atoms with van der Waals surface area (Å²) in [5.41, 5.74) is 1.68. The van der Waals surface area contributed by atoms with Gasteiger partial charge in [-0.1, -0.05) is 30.3 Å². The van der Waals surface area contributed by atoms with Gasteiger partial charge in [-0.3, -0.25) is 19.8 Å².